The second-order valence-corrected chi connectivity index (χ2v) is 4.97. The first-order valence-electron chi connectivity index (χ1n) is 6.68. The maximum Gasteiger partial charge on any atom is 0.261 e. The van der Waals surface area contributed by atoms with E-state index in [2.05, 4.69) is 10.2 Å². The maximum atomic E-state index is 11.9. The van der Waals surface area contributed by atoms with Gasteiger partial charge in [0.25, 0.3) is 11.8 Å². The summed E-state index contributed by atoms with van der Waals surface area (Å²) in [5.41, 5.74) is 2.59. The third-order valence-electron chi connectivity index (χ3n) is 3.72. The normalized spacial score (nSPS) is 20.1. The number of carbonyl (C=O) groups is 2. The van der Waals surface area contributed by atoms with Crippen LogP contribution in [0.15, 0.2) is 24.5 Å². The Hall–Kier alpha value is -2.30. The van der Waals surface area contributed by atoms with Gasteiger partial charge in [0, 0.05) is 29.9 Å². The average Bonchev–Trinajstić information content (AvgIpc) is 2.97. The highest BCUT2D eigenvalue weighted by Gasteiger charge is 2.28. The molecule has 0 saturated carbocycles. The van der Waals surface area contributed by atoms with Crippen LogP contribution in [0, 0.1) is 0 Å². The van der Waals surface area contributed by atoms with Gasteiger partial charge in [0.15, 0.2) is 0 Å². The van der Waals surface area contributed by atoms with E-state index < -0.39 is 5.91 Å². The highest BCUT2D eigenvalue weighted by molar-refractivity contribution is 6.31. The molecule has 2 aliphatic heterocycles. The number of hydrogen-bond acceptors (Lipinski definition) is 4. The molecule has 2 aliphatic rings. The fourth-order valence-corrected chi connectivity index (χ4v) is 2.72. The number of anilines is 1. The standard InChI is InChI=1S/C15H16N2O3/c1-20-9-13-12-8-10(17-6-2-3-7-17)4-5-11(12)14(18)16-15(13)19/h4-5,8-9H,2-3,6-7H2,1H3,(H,16,18,19). The maximum absolute atomic E-state index is 11.9. The molecule has 2 amide bonds. The highest BCUT2D eigenvalue weighted by atomic mass is 16.5. The van der Waals surface area contributed by atoms with Crippen LogP contribution < -0.4 is 10.2 Å². The van der Waals surface area contributed by atoms with Crippen molar-refractivity contribution in [3.05, 3.63) is 35.6 Å². The molecule has 2 heterocycles. The van der Waals surface area contributed by atoms with Gasteiger partial charge in [-0.25, -0.2) is 0 Å². The summed E-state index contributed by atoms with van der Waals surface area (Å²) in [6.07, 6.45) is 3.74. The average molecular weight is 272 g/mol. The van der Waals surface area contributed by atoms with E-state index in [1.54, 1.807) is 6.07 Å². The predicted octanol–water partition coefficient (Wildman–Crippen LogP) is 1.54. The number of benzene rings is 1. The smallest absolute Gasteiger partial charge is 0.261 e. The molecule has 0 radical (unpaired) electrons. The predicted molar refractivity (Wildman–Crippen MR) is 75.3 cm³/mol. The lowest BCUT2D eigenvalue weighted by Gasteiger charge is -2.22. The van der Waals surface area contributed by atoms with Crippen molar-refractivity contribution in [3.8, 4) is 0 Å². The van der Waals surface area contributed by atoms with Gasteiger partial charge in [-0.05, 0) is 31.0 Å². The van der Waals surface area contributed by atoms with Crippen molar-refractivity contribution < 1.29 is 14.3 Å². The number of hydrogen-bond donors (Lipinski definition) is 1. The van der Waals surface area contributed by atoms with Gasteiger partial charge in [-0.15, -0.1) is 0 Å². The minimum absolute atomic E-state index is 0.355. The van der Waals surface area contributed by atoms with Crippen molar-refractivity contribution in [1.82, 2.24) is 5.32 Å². The summed E-state index contributed by atoms with van der Waals surface area (Å²) in [5, 5.41) is 2.32. The Morgan fingerprint density at radius 1 is 1.15 bits per heavy atom. The van der Waals surface area contributed by atoms with Gasteiger partial charge in [-0.2, -0.15) is 0 Å². The van der Waals surface area contributed by atoms with Crippen molar-refractivity contribution in [2.75, 3.05) is 25.1 Å². The van der Waals surface area contributed by atoms with Crippen LogP contribution in [0.25, 0.3) is 5.57 Å². The topological polar surface area (TPSA) is 58.6 Å². The Bertz CT molecular complexity index is 601. The van der Waals surface area contributed by atoms with Crippen molar-refractivity contribution in [2.24, 2.45) is 0 Å². The number of ether oxygens (including phenoxy) is 1. The lowest BCUT2D eigenvalue weighted by atomic mass is 9.95. The Morgan fingerprint density at radius 3 is 2.60 bits per heavy atom. The molecule has 20 heavy (non-hydrogen) atoms. The van der Waals surface area contributed by atoms with Crippen LogP contribution in [0.5, 0.6) is 0 Å². The summed E-state index contributed by atoms with van der Waals surface area (Å²) in [4.78, 5) is 26.0. The molecule has 1 aromatic rings. The monoisotopic (exact) mass is 272 g/mol. The number of nitrogens with one attached hydrogen (secondary N) is 1. The van der Waals surface area contributed by atoms with Crippen LogP contribution in [0.2, 0.25) is 0 Å². The summed E-state index contributed by atoms with van der Waals surface area (Å²) >= 11 is 0. The zero-order valence-corrected chi connectivity index (χ0v) is 11.3. The first kappa shape index (κ1) is 12.7. The third-order valence-corrected chi connectivity index (χ3v) is 3.72. The van der Waals surface area contributed by atoms with Crippen LogP contribution in [0.3, 0.4) is 0 Å². The molecule has 1 saturated heterocycles. The number of nitrogens with zero attached hydrogens (tertiary/aromatic N) is 1. The molecule has 0 unspecified atom stereocenters. The van der Waals surface area contributed by atoms with Gasteiger partial charge in [-0.3, -0.25) is 14.9 Å². The number of amides is 2. The molecule has 0 aliphatic carbocycles. The molecular weight excluding hydrogens is 256 g/mol. The summed E-state index contributed by atoms with van der Waals surface area (Å²) < 4.78 is 4.96. The van der Waals surface area contributed by atoms with E-state index in [0.29, 0.717) is 16.7 Å². The second-order valence-electron chi connectivity index (χ2n) is 4.97. The van der Waals surface area contributed by atoms with Crippen molar-refractivity contribution >= 4 is 23.1 Å². The van der Waals surface area contributed by atoms with E-state index in [0.717, 1.165) is 18.8 Å². The largest absolute Gasteiger partial charge is 0.504 e. The Kier molecular flexibility index (Phi) is 3.18. The van der Waals surface area contributed by atoms with E-state index >= 15 is 0 Å². The highest BCUT2D eigenvalue weighted by Crippen LogP contribution is 2.30. The molecule has 104 valence electrons. The molecule has 1 N–H and O–H groups in total. The van der Waals surface area contributed by atoms with E-state index in [-0.39, 0.29) is 5.91 Å². The molecule has 0 aromatic heterocycles. The van der Waals surface area contributed by atoms with E-state index in [9.17, 15) is 9.59 Å². The van der Waals surface area contributed by atoms with Crippen molar-refractivity contribution in [3.63, 3.8) is 0 Å². The van der Waals surface area contributed by atoms with Crippen molar-refractivity contribution in [1.29, 1.82) is 0 Å². The molecule has 0 spiro atoms. The van der Waals surface area contributed by atoms with Gasteiger partial charge < -0.3 is 9.64 Å². The summed E-state index contributed by atoms with van der Waals surface area (Å²) in [6.45, 7) is 2.03. The number of methoxy groups -OCH3 is 1. The van der Waals surface area contributed by atoms with Gasteiger partial charge in [0.2, 0.25) is 0 Å². The molecule has 3 rings (SSSR count). The quantitative estimate of drug-likeness (QED) is 0.504. The Balaban J connectivity index is 2.08. The fraction of sp³-hybridized carbons (Fsp3) is 0.333. The second kappa shape index (κ2) is 5.00. The number of carbonyl (C=O) groups excluding carboxylic acids is 2. The molecule has 0 atom stereocenters. The van der Waals surface area contributed by atoms with Gasteiger partial charge in [0.05, 0.1) is 18.9 Å². The Labute approximate surface area is 117 Å². The number of rotatable bonds is 2. The van der Waals surface area contributed by atoms with Crippen LogP contribution in [0.1, 0.15) is 28.8 Å². The van der Waals surface area contributed by atoms with E-state index in [1.807, 2.05) is 12.1 Å². The fourth-order valence-electron chi connectivity index (χ4n) is 2.72. The van der Waals surface area contributed by atoms with Crippen LogP contribution in [-0.4, -0.2) is 32.0 Å². The molecular formula is C15H16N2O3. The zero-order chi connectivity index (χ0) is 14.1. The Morgan fingerprint density at radius 2 is 1.90 bits per heavy atom. The first-order valence-corrected chi connectivity index (χ1v) is 6.68. The molecule has 1 aromatic carbocycles. The van der Waals surface area contributed by atoms with Crippen molar-refractivity contribution in [2.45, 2.75) is 12.8 Å². The molecule has 5 heteroatoms. The summed E-state index contributed by atoms with van der Waals surface area (Å²) in [7, 11) is 1.49. The minimum atomic E-state index is -0.414. The number of imide groups is 1. The van der Waals surface area contributed by atoms with Crippen LogP contribution >= 0.6 is 0 Å². The van der Waals surface area contributed by atoms with E-state index in [1.165, 1.54) is 26.2 Å². The van der Waals surface area contributed by atoms with E-state index in [4.69, 9.17) is 4.74 Å². The first-order chi connectivity index (χ1) is 9.70. The lowest BCUT2D eigenvalue weighted by molar-refractivity contribution is -0.114. The van der Waals surface area contributed by atoms with Gasteiger partial charge >= 0.3 is 0 Å². The van der Waals surface area contributed by atoms with Gasteiger partial charge in [0.1, 0.15) is 0 Å². The lowest BCUT2D eigenvalue weighted by Crippen LogP contribution is -2.36. The molecule has 1 fully saturated rings. The molecule has 0 bridgehead atoms. The van der Waals surface area contributed by atoms with Crippen LogP contribution in [0.4, 0.5) is 5.69 Å². The summed E-state index contributed by atoms with van der Waals surface area (Å²) in [5.74, 6) is -0.769. The van der Waals surface area contributed by atoms with Crippen LogP contribution in [-0.2, 0) is 9.53 Å². The van der Waals surface area contributed by atoms with Gasteiger partial charge in [-0.1, -0.05) is 0 Å². The number of fused-ring (bicyclic) bond motifs is 1. The third kappa shape index (κ3) is 2.05. The summed E-state index contributed by atoms with van der Waals surface area (Å²) in [6, 6.07) is 5.61. The SMILES string of the molecule is COC=C1C(=O)NC(=O)c2ccc(N3CCCC3)cc21. The minimum Gasteiger partial charge on any atom is -0.504 e. The zero-order valence-electron chi connectivity index (χ0n) is 11.3. The molecule has 5 nitrogen and oxygen atoms in total.